The van der Waals surface area contributed by atoms with Gasteiger partial charge in [-0.3, -0.25) is 4.79 Å². The van der Waals surface area contributed by atoms with E-state index in [9.17, 15) is 4.79 Å². The zero-order valence-corrected chi connectivity index (χ0v) is 10.3. The molecule has 1 atom stereocenters. The van der Waals surface area contributed by atoms with Crippen molar-refractivity contribution in [2.75, 3.05) is 6.54 Å². The van der Waals surface area contributed by atoms with Gasteiger partial charge in [0, 0.05) is 17.3 Å². The zero-order chi connectivity index (χ0) is 12.4. The highest BCUT2D eigenvalue weighted by molar-refractivity contribution is 5.68. The fourth-order valence-corrected chi connectivity index (χ4v) is 2.93. The van der Waals surface area contributed by atoms with Gasteiger partial charge in [0.1, 0.15) is 0 Å². The topological polar surface area (TPSA) is 79.1 Å². The minimum absolute atomic E-state index is 0.0504. The maximum absolute atomic E-state index is 10.9. The first-order valence-corrected chi connectivity index (χ1v) is 6.25. The van der Waals surface area contributed by atoms with Gasteiger partial charge in [0.15, 0.2) is 0 Å². The van der Waals surface area contributed by atoms with E-state index in [1.54, 1.807) is 0 Å². The average Bonchev–Trinajstić information content (AvgIpc) is 2.62. The highest BCUT2D eigenvalue weighted by Gasteiger charge is 2.24. The Labute approximate surface area is 101 Å². The molecule has 1 aromatic rings. The van der Waals surface area contributed by atoms with Gasteiger partial charge in [0.05, 0.1) is 6.42 Å². The largest absolute Gasteiger partial charge is 0.481 e. The summed E-state index contributed by atoms with van der Waals surface area (Å²) in [7, 11) is 0. The molecular weight excluding hydrogens is 216 g/mol. The van der Waals surface area contributed by atoms with Crippen LogP contribution in [0.25, 0.3) is 0 Å². The molecule has 4 N–H and O–H groups in total. The number of aromatic nitrogens is 1. The molecule has 0 saturated heterocycles. The van der Waals surface area contributed by atoms with Crippen LogP contribution < -0.4 is 5.73 Å². The van der Waals surface area contributed by atoms with Crippen LogP contribution in [0, 0.1) is 6.92 Å². The van der Waals surface area contributed by atoms with Crippen molar-refractivity contribution in [3.63, 3.8) is 0 Å². The molecule has 1 aliphatic carbocycles. The second-order valence-corrected chi connectivity index (χ2v) is 4.86. The summed E-state index contributed by atoms with van der Waals surface area (Å²) in [5, 5.41) is 8.94. The highest BCUT2D eigenvalue weighted by Crippen LogP contribution is 2.33. The molecule has 0 radical (unpaired) electrons. The number of hydrogen-bond acceptors (Lipinski definition) is 2. The summed E-state index contributed by atoms with van der Waals surface area (Å²) in [5.41, 5.74) is 10.7. The molecule has 1 aromatic heterocycles. The lowest BCUT2D eigenvalue weighted by molar-refractivity contribution is -0.137. The molecule has 1 heterocycles. The fourth-order valence-electron chi connectivity index (χ4n) is 2.93. The minimum Gasteiger partial charge on any atom is -0.481 e. The van der Waals surface area contributed by atoms with Gasteiger partial charge in [-0.15, -0.1) is 0 Å². The number of aryl methyl sites for hydroxylation is 2. The van der Waals surface area contributed by atoms with Gasteiger partial charge >= 0.3 is 5.97 Å². The van der Waals surface area contributed by atoms with Gasteiger partial charge in [-0.25, -0.2) is 0 Å². The second-order valence-electron chi connectivity index (χ2n) is 4.86. The number of hydrogen-bond donors (Lipinski definition) is 3. The third kappa shape index (κ3) is 2.36. The quantitative estimate of drug-likeness (QED) is 0.744. The van der Waals surface area contributed by atoms with E-state index in [-0.39, 0.29) is 12.3 Å². The van der Waals surface area contributed by atoms with Crippen LogP contribution in [0.5, 0.6) is 0 Å². The standard InChI is InChI=1S/C13H20N2O2/c1-8-13(9(7-14)6-12(16)17)10-4-2-3-5-11(10)15-8/h9,15H,2-7,14H2,1H3,(H,16,17). The third-order valence-electron chi connectivity index (χ3n) is 3.65. The lowest BCUT2D eigenvalue weighted by atomic mass is 9.87. The second kappa shape index (κ2) is 4.92. The predicted octanol–water partition coefficient (Wildman–Crippen LogP) is 1.72. The summed E-state index contributed by atoms with van der Waals surface area (Å²) in [4.78, 5) is 14.3. The van der Waals surface area contributed by atoms with Crippen molar-refractivity contribution in [1.29, 1.82) is 0 Å². The average molecular weight is 236 g/mol. The number of carboxylic acid groups (broad SMARTS) is 1. The van der Waals surface area contributed by atoms with Crippen LogP contribution in [0.3, 0.4) is 0 Å². The number of H-pyrrole nitrogens is 1. The molecule has 17 heavy (non-hydrogen) atoms. The molecule has 2 rings (SSSR count). The maximum atomic E-state index is 10.9. The number of carboxylic acids is 1. The van der Waals surface area contributed by atoms with Crippen molar-refractivity contribution in [2.45, 2.75) is 44.9 Å². The summed E-state index contributed by atoms with van der Waals surface area (Å²) in [6, 6.07) is 0. The number of aromatic amines is 1. The molecule has 0 saturated carbocycles. The van der Waals surface area contributed by atoms with Crippen LogP contribution >= 0.6 is 0 Å². The third-order valence-corrected chi connectivity index (χ3v) is 3.65. The van der Waals surface area contributed by atoms with E-state index in [0.29, 0.717) is 6.54 Å². The number of carbonyl (C=O) groups is 1. The van der Waals surface area contributed by atoms with Gasteiger partial charge in [-0.1, -0.05) is 0 Å². The first-order chi connectivity index (χ1) is 8.13. The molecule has 0 fully saturated rings. The Hall–Kier alpha value is -1.29. The first-order valence-electron chi connectivity index (χ1n) is 6.25. The number of aliphatic carboxylic acids is 1. The summed E-state index contributed by atoms with van der Waals surface area (Å²) in [5.74, 6) is -0.823. The smallest absolute Gasteiger partial charge is 0.304 e. The van der Waals surface area contributed by atoms with Gasteiger partial charge in [0.25, 0.3) is 0 Å². The first kappa shape index (κ1) is 12.2. The van der Waals surface area contributed by atoms with E-state index in [1.807, 2.05) is 6.92 Å². The van der Waals surface area contributed by atoms with E-state index in [4.69, 9.17) is 10.8 Å². The Bertz CT molecular complexity index is 423. The minimum atomic E-state index is -0.773. The maximum Gasteiger partial charge on any atom is 0.304 e. The highest BCUT2D eigenvalue weighted by atomic mass is 16.4. The molecule has 1 aliphatic rings. The summed E-state index contributed by atoms with van der Waals surface area (Å²) in [6.07, 6.45) is 4.69. The number of rotatable bonds is 4. The van der Waals surface area contributed by atoms with Crippen LogP contribution in [0.15, 0.2) is 0 Å². The number of fused-ring (bicyclic) bond motifs is 1. The Morgan fingerprint density at radius 3 is 2.82 bits per heavy atom. The fraction of sp³-hybridized carbons (Fsp3) is 0.615. The molecule has 4 heteroatoms. The van der Waals surface area contributed by atoms with Crippen molar-refractivity contribution in [1.82, 2.24) is 4.98 Å². The van der Waals surface area contributed by atoms with E-state index in [2.05, 4.69) is 4.98 Å². The van der Waals surface area contributed by atoms with Crippen molar-refractivity contribution < 1.29 is 9.90 Å². The van der Waals surface area contributed by atoms with Gasteiger partial charge in [-0.05, 0) is 50.3 Å². The van der Waals surface area contributed by atoms with Crippen molar-refractivity contribution in [2.24, 2.45) is 5.73 Å². The SMILES string of the molecule is Cc1[nH]c2c(c1C(CN)CC(=O)O)CCCC2. The predicted molar refractivity (Wildman–Crippen MR) is 66.2 cm³/mol. The van der Waals surface area contributed by atoms with Crippen molar-refractivity contribution >= 4 is 5.97 Å². The molecule has 0 aliphatic heterocycles. The number of nitrogens with one attached hydrogen (secondary N) is 1. The Balaban J connectivity index is 2.35. The molecular formula is C13H20N2O2. The van der Waals surface area contributed by atoms with Gasteiger partial charge in [-0.2, -0.15) is 0 Å². The summed E-state index contributed by atoms with van der Waals surface area (Å²) in [6.45, 7) is 2.43. The monoisotopic (exact) mass is 236 g/mol. The molecule has 0 bridgehead atoms. The lowest BCUT2D eigenvalue weighted by Crippen LogP contribution is -2.18. The van der Waals surface area contributed by atoms with E-state index in [1.165, 1.54) is 29.7 Å². The normalized spacial score (nSPS) is 16.6. The molecule has 0 amide bonds. The molecule has 1 unspecified atom stereocenters. The van der Waals surface area contributed by atoms with E-state index < -0.39 is 5.97 Å². The summed E-state index contributed by atoms with van der Waals surface area (Å²) < 4.78 is 0. The van der Waals surface area contributed by atoms with Crippen LogP contribution in [-0.4, -0.2) is 22.6 Å². The molecule has 4 nitrogen and oxygen atoms in total. The Morgan fingerprint density at radius 1 is 1.47 bits per heavy atom. The molecule has 0 aromatic carbocycles. The molecule has 0 spiro atoms. The van der Waals surface area contributed by atoms with E-state index in [0.717, 1.165) is 18.5 Å². The van der Waals surface area contributed by atoms with Crippen molar-refractivity contribution in [3.8, 4) is 0 Å². The summed E-state index contributed by atoms with van der Waals surface area (Å²) >= 11 is 0. The van der Waals surface area contributed by atoms with Crippen LogP contribution in [-0.2, 0) is 17.6 Å². The van der Waals surface area contributed by atoms with Gasteiger partial charge in [0.2, 0.25) is 0 Å². The lowest BCUT2D eigenvalue weighted by Gasteiger charge is -2.18. The number of nitrogens with two attached hydrogens (primary N) is 1. The Morgan fingerprint density at radius 2 is 2.18 bits per heavy atom. The van der Waals surface area contributed by atoms with Gasteiger partial charge < -0.3 is 15.8 Å². The van der Waals surface area contributed by atoms with E-state index >= 15 is 0 Å². The van der Waals surface area contributed by atoms with Crippen LogP contribution in [0.1, 0.15) is 47.7 Å². The van der Waals surface area contributed by atoms with Crippen LogP contribution in [0.4, 0.5) is 0 Å². The molecule has 94 valence electrons. The Kier molecular flexibility index (Phi) is 3.52. The van der Waals surface area contributed by atoms with Crippen LogP contribution in [0.2, 0.25) is 0 Å². The zero-order valence-electron chi connectivity index (χ0n) is 10.3. The van der Waals surface area contributed by atoms with Crippen molar-refractivity contribution in [3.05, 3.63) is 22.5 Å².